The summed E-state index contributed by atoms with van der Waals surface area (Å²) in [5.74, 6) is 0.512. The van der Waals surface area contributed by atoms with E-state index in [0.29, 0.717) is 5.56 Å². The summed E-state index contributed by atoms with van der Waals surface area (Å²) in [7, 11) is 1.62. The quantitative estimate of drug-likeness (QED) is 0.661. The highest BCUT2D eigenvalue weighted by Crippen LogP contribution is 2.14. The van der Waals surface area contributed by atoms with Crippen molar-refractivity contribution in [3.05, 3.63) is 59.9 Å². The van der Waals surface area contributed by atoms with Crippen molar-refractivity contribution in [2.75, 3.05) is 12.5 Å². The van der Waals surface area contributed by atoms with Crippen LogP contribution in [0.5, 0.6) is 5.75 Å². The van der Waals surface area contributed by atoms with Gasteiger partial charge in [-0.15, -0.1) is 0 Å². The van der Waals surface area contributed by atoms with Gasteiger partial charge >= 0.3 is 0 Å². The summed E-state index contributed by atoms with van der Waals surface area (Å²) in [6.45, 7) is 0. The van der Waals surface area contributed by atoms with Crippen LogP contribution in [0.15, 0.2) is 53.6 Å². The van der Waals surface area contributed by atoms with E-state index in [0.717, 1.165) is 11.4 Å². The van der Waals surface area contributed by atoms with Crippen LogP contribution in [0.4, 0.5) is 10.1 Å². The Balaban J connectivity index is 1.98. The van der Waals surface area contributed by atoms with E-state index in [1.807, 2.05) is 24.3 Å². The number of ether oxygens (including phenoxy) is 1. The van der Waals surface area contributed by atoms with Crippen molar-refractivity contribution in [3.8, 4) is 5.75 Å². The average Bonchev–Trinajstić information content (AvgIpc) is 2.40. The minimum absolute atomic E-state index is 0.275. The smallest absolute Gasteiger partial charge is 0.123 e. The third-order valence-electron chi connectivity index (χ3n) is 2.35. The van der Waals surface area contributed by atoms with Gasteiger partial charge in [0.1, 0.15) is 11.6 Å². The second-order valence-electron chi connectivity index (χ2n) is 3.65. The number of hydrazone groups is 1. The molecule has 3 nitrogen and oxygen atoms in total. The molecule has 2 aromatic carbocycles. The zero-order chi connectivity index (χ0) is 12.8. The van der Waals surface area contributed by atoms with Crippen molar-refractivity contribution in [1.29, 1.82) is 0 Å². The summed E-state index contributed by atoms with van der Waals surface area (Å²) in [4.78, 5) is 0. The first-order valence-electron chi connectivity index (χ1n) is 5.46. The molecule has 0 radical (unpaired) electrons. The lowest BCUT2D eigenvalue weighted by Gasteiger charge is -2.02. The van der Waals surface area contributed by atoms with Gasteiger partial charge in [0, 0.05) is 0 Å². The first-order chi connectivity index (χ1) is 8.78. The SMILES string of the molecule is COc1ccc(N/N=C/c2cccc(F)c2)cc1. The van der Waals surface area contributed by atoms with Crippen LogP contribution in [0.3, 0.4) is 0 Å². The molecule has 0 atom stereocenters. The van der Waals surface area contributed by atoms with Gasteiger partial charge in [-0.1, -0.05) is 12.1 Å². The molecule has 4 heteroatoms. The van der Waals surface area contributed by atoms with Crippen molar-refractivity contribution in [1.82, 2.24) is 0 Å². The molecule has 0 heterocycles. The number of nitrogens with one attached hydrogen (secondary N) is 1. The molecule has 2 aromatic rings. The van der Waals surface area contributed by atoms with Crippen LogP contribution in [-0.4, -0.2) is 13.3 Å². The van der Waals surface area contributed by atoms with Crippen molar-refractivity contribution < 1.29 is 9.13 Å². The summed E-state index contributed by atoms with van der Waals surface area (Å²) in [6, 6.07) is 13.6. The highest BCUT2D eigenvalue weighted by Gasteiger charge is 1.93. The minimum Gasteiger partial charge on any atom is -0.497 e. The predicted octanol–water partition coefficient (Wildman–Crippen LogP) is 3.28. The van der Waals surface area contributed by atoms with E-state index < -0.39 is 0 Å². The molecule has 0 saturated heterocycles. The Labute approximate surface area is 105 Å². The molecule has 0 spiro atoms. The van der Waals surface area contributed by atoms with Gasteiger partial charge in [-0.2, -0.15) is 5.10 Å². The van der Waals surface area contributed by atoms with Gasteiger partial charge < -0.3 is 4.74 Å². The Kier molecular flexibility index (Phi) is 3.91. The van der Waals surface area contributed by atoms with Crippen molar-refractivity contribution in [2.24, 2.45) is 5.10 Å². The Morgan fingerprint density at radius 2 is 1.94 bits per heavy atom. The average molecular weight is 244 g/mol. The van der Waals surface area contributed by atoms with Gasteiger partial charge in [-0.25, -0.2) is 4.39 Å². The van der Waals surface area contributed by atoms with Crippen LogP contribution < -0.4 is 10.2 Å². The minimum atomic E-state index is -0.275. The molecule has 0 aromatic heterocycles. The molecule has 0 unspecified atom stereocenters. The van der Waals surface area contributed by atoms with Gasteiger partial charge in [0.2, 0.25) is 0 Å². The van der Waals surface area contributed by atoms with E-state index in [1.54, 1.807) is 25.5 Å². The number of anilines is 1. The molecule has 0 aliphatic carbocycles. The molecule has 18 heavy (non-hydrogen) atoms. The zero-order valence-corrected chi connectivity index (χ0v) is 9.93. The molecular formula is C14H13FN2O. The van der Waals surface area contributed by atoms with Crippen LogP contribution in [0.1, 0.15) is 5.56 Å². The first kappa shape index (κ1) is 12.1. The fraction of sp³-hybridized carbons (Fsp3) is 0.0714. The summed E-state index contributed by atoms with van der Waals surface area (Å²) in [6.07, 6.45) is 1.56. The maximum absolute atomic E-state index is 12.9. The lowest BCUT2D eigenvalue weighted by molar-refractivity contribution is 0.415. The standard InChI is InChI=1S/C14H13FN2O/c1-18-14-7-5-13(6-8-14)17-16-10-11-3-2-4-12(15)9-11/h2-10,17H,1H3/b16-10+. The molecule has 0 aliphatic rings. The maximum atomic E-state index is 12.9. The van der Waals surface area contributed by atoms with Crippen molar-refractivity contribution in [3.63, 3.8) is 0 Å². The van der Waals surface area contributed by atoms with Crippen LogP contribution in [0, 0.1) is 5.82 Å². The van der Waals surface area contributed by atoms with Crippen molar-refractivity contribution in [2.45, 2.75) is 0 Å². The van der Waals surface area contributed by atoms with E-state index in [9.17, 15) is 4.39 Å². The topological polar surface area (TPSA) is 33.6 Å². The second kappa shape index (κ2) is 5.82. The fourth-order valence-corrected chi connectivity index (χ4v) is 1.43. The molecule has 0 amide bonds. The highest BCUT2D eigenvalue weighted by molar-refractivity contribution is 5.80. The molecule has 0 bridgehead atoms. The molecule has 0 saturated carbocycles. The largest absolute Gasteiger partial charge is 0.497 e. The van der Waals surface area contributed by atoms with E-state index in [2.05, 4.69) is 10.5 Å². The number of halogens is 1. The Morgan fingerprint density at radius 3 is 2.61 bits per heavy atom. The molecule has 92 valence electrons. The second-order valence-corrected chi connectivity index (χ2v) is 3.65. The van der Waals surface area contributed by atoms with Crippen LogP contribution in [0.25, 0.3) is 0 Å². The van der Waals surface area contributed by atoms with Crippen LogP contribution in [-0.2, 0) is 0 Å². The predicted molar refractivity (Wildman–Crippen MR) is 70.6 cm³/mol. The normalized spacial score (nSPS) is 10.6. The number of rotatable bonds is 4. The van der Waals surface area contributed by atoms with Gasteiger partial charge in [0.25, 0.3) is 0 Å². The number of hydrogen-bond donors (Lipinski definition) is 1. The van der Waals surface area contributed by atoms with Gasteiger partial charge in [-0.3, -0.25) is 5.43 Å². The zero-order valence-electron chi connectivity index (χ0n) is 9.93. The lowest BCUT2D eigenvalue weighted by atomic mass is 10.2. The molecule has 2 rings (SSSR count). The van der Waals surface area contributed by atoms with Gasteiger partial charge in [0.05, 0.1) is 19.0 Å². The fourth-order valence-electron chi connectivity index (χ4n) is 1.43. The lowest BCUT2D eigenvalue weighted by Crippen LogP contribution is -1.91. The van der Waals surface area contributed by atoms with Gasteiger partial charge in [0.15, 0.2) is 0 Å². The number of methoxy groups -OCH3 is 1. The highest BCUT2D eigenvalue weighted by atomic mass is 19.1. The van der Waals surface area contributed by atoms with E-state index in [-0.39, 0.29) is 5.82 Å². The third kappa shape index (κ3) is 3.31. The molecule has 1 N–H and O–H groups in total. The summed E-state index contributed by atoms with van der Waals surface area (Å²) in [5, 5.41) is 4.03. The Bertz CT molecular complexity index is 538. The van der Waals surface area contributed by atoms with Crippen LogP contribution in [0.2, 0.25) is 0 Å². The van der Waals surface area contributed by atoms with Crippen molar-refractivity contribution >= 4 is 11.9 Å². The summed E-state index contributed by atoms with van der Waals surface area (Å²) in [5.41, 5.74) is 4.40. The number of nitrogens with zero attached hydrogens (tertiary/aromatic N) is 1. The molecule has 0 fully saturated rings. The molecule has 0 aliphatic heterocycles. The Hall–Kier alpha value is -2.36. The van der Waals surface area contributed by atoms with E-state index in [1.165, 1.54) is 12.1 Å². The number of hydrogen-bond acceptors (Lipinski definition) is 3. The van der Waals surface area contributed by atoms with Crippen LogP contribution >= 0.6 is 0 Å². The summed E-state index contributed by atoms with van der Waals surface area (Å²) >= 11 is 0. The Morgan fingerprint density at radius 1 is 1.17 bits per heavy atom. The van der Waals surface area contributed by atoms with E-state index >= 15 is 0 Å². The van der Waals surface area contributed by atoms with E-state index in [4.69, 9.17) is 4.74 Å². The van der Waals surface area contributed by atoms with Gasteiger partial charge in [-0.05, 0) is 42.0 Å². The summed E-state index contributed by atoms with van der Waals surface area (Å²) < 4.78 is 18.0. The monoisotopic (exact) mass is 244 g/mol. The molecular weight excluding hydrogens is 231 g/mol. The first-order valence-corrected chi connectivity index (χ1v) is 5.46. The maximum Gasteiger partial charge on any atom is 0.123 e. The third-order valence-corrected chi connectivity index (χ3v) is 2.35. The number of benzene rings is 2.